The van der Waals surface area contributed by atoms with E-state index in [0.717, 1.165) is 30.8 Å². The lowest BCUT2D eigenvalue weighted by Gasteiger charge is -2.29. The number of methoxy groups -OCH3 is 1. The van der Waals surface area contributed by atoms with Crippen LogP contribution in [0.5, 0.6) is 17.2 Å². The minimum Gasteiger partial charge on any atom is -0.507 e. The molecule has 2 fully saturated rings. The lowest BCUT2D eigenvalue weighted by Crippen LogP contribution is -2.39. The Kier molecular flexibility index (Phi) is 10.9. The predicted molar refractivity (Wildman–Crippen MR) is 182 cm³/mol. The fraction of sp³-hybridized carbons (Fsp3) is 0.282. The van der Waals surface area contributed by atoms with Gasteiger partial charge in [0, 0.05) is 31.7 Å². The molecule has 1 N–H and O–H groups in total. The van der Waals surface area contributed by atoms with Crippen molar-refractivity contribution >= 4 is 17.4 Å². The lowest BCUT2D eigenvalue weighted by molar-refractivity contribution is -0.140. The van der Waals surface area contributed by atoms with Crippen molar-refractivity contribution in [1.29, 1.82) is 0 Å². The number of ketones is 1. The van der Waals surface area contributed by atoms with Crippen LogP contribution < -0.4 is 14.2 Å². The Hall–Kier alpha value is -5.19. The Morgan fingerprint density at radius 3 is 2.24 bits per heavy atom. The molecule has 4 aromatic rings. The second-order valence-electron chi connectivity index (χ2n) is 11.9. The minimum atomic E-state index is -0.851. The highest BCUT2D eigenvalue weighted by Crippen LogP contribution is 2.42. The van der Waals surface area contributed by atoms with Crippen LogP contribution in [0.1, 0.15) is 34.7 Å². The zero-order valence-corrected chi connectivity index (χ0v) is 27.3. The molecule has 4 aromatic carbocycles. The van der Waals surface area contributed by atoms with Crippen LogP contribution in [0.4, 0.5) is 4.39 Å². The minimum absolute atomic E-state index is 0.00337. The van der Waals surface area contributed by atoms with E-state index in [0.29, 0.717) is 61.2 Å². The lowest BCUT2D eigenvalue weighted by atomic mass is 9.95. The molecule has 2 saturated heterocycles. The molecule has 2 heterocycles. The summed E-state index contributed by atoms with van der Waals surface area (Å²) < 4.78 is 36.3. The van der Waals surface area contributed by atoms with Gasteiger partial charge in [-0.15, -0.1) is 0 Å². The van der Waals surface area contributed by atoms with E-state index in [1.54, 1.807) is 54.6 Å². The van der Waals surface area contributed by atoms with E-state index in [4.69, 9.17) is 18.9 Å². The molecule has 49 heavy (non-hydrogen) atoms. The van der Waals surface area contributed by atoms with Crippen LogP contribution >= 0.6 is 0 Å². The fourth-order valence-corrected chi connectivity index (χ4v) is 6.07. The number of amides is 1. The van der Waals surface area contributed by atoms with E-state index in [2.05, 4.69) is 4.90 Å². The summed E-state index contributed by atoms with van der Waals surface area (Å²) >= 11 is 0. The summed E-state index contributed by atoms with van der Waals surface area (Å²) in [6, 6.07) is 26.9. The number of carbonyl (C=O) groups is 2. The summed E-state index contributed by atoms with van der Waals surface area (Å²) in [5.41, 5.74) is 2.76. The number of halogens is 1. The molecule has 0 aliphatic carbocycles. The second-order valence-corrected chi connectivity index (χ2v) is 11.9. The summed E-state index contributed by atoms with van der Waals surface area (Å²) in [6.45, 7) is 4.58. The molecular weight excluding hydrogens is 627 g/mol. The topological polar surface area (TPSA) is 97.8 Å². The molecule has 0 spiro atoms. The Labute approximate surface area is 285 Å². The molecule has 1 amide bonds. The molecule has 2 aliphatic heterocycles. The quantitative estimate of drug-likeness (QED) is 0.103. The summed E-state index contributed by atoms with van der Waals surface area (Å²) in [6.07, 6.45) is 0.638. The first kappa shape index (κ1) is 33.7. The van der Waals surface area contributed by atoms with Crippen molar-refractivity contribution in [1.82, 2.24) is 9.80 Å². The Balaban J connectivity index is 1.27. The Morgan fingerprint density at radius 1 is 0.837 bits per heavy atom. The third-order valence-corrected chi connectivity index (χ3v) is 8.70. The van der Waals surface area contributed by atoms with Gasteiger partial charge in [-0.1, -0.05) is 48.5 Å². The maximum atomic E-state index is 13.7. The van der Waals surface area contributed by atoms with Crippen LogP contribution in [0, 0.1) is 5.82 Å². The third kappa shape index (κ3) is 8.10. The number of morpholine rings is 1. The number of hydrogen-bond donors (Lipinski definition) is 1. The first-order valence-electron chi connectivity index (χ1n) is 16.3. The van der Waals surface area contributed by atoms with Crippen molar-refractivity contribution in [3.05, 3.63) is 131 Å². The first-order chi connectivity index (χ1) is 23.9. The van der Waals surface area contributed by atoms with Crippen molar-refractivity contribution in [2.75, 3.05) is 46.5 Å². The Bertz CT molecular complexity index is 1770. The average Bonchev–Trinajstić information content (AvgIpc) is 3.39. The molecule has 0 saturated carbocycles. The Morgan fingerprint density at radius 2 is 1.53 bits per heavy atom. The number of aliphatic hydroxyl groups excluding tert-OH is 1. The molecule has 0 unspecified atom stereocenters. The normalized spacial score (nSPS) is 17.7. The van der Waals surface area contributed by atoms with Gasteiger partial charge in [-0.3, -0.25) is 14.5 Å². The predicted octanol–water partition coefficient (Wildman–Crippen LogP) is 6.14. The van der Waals surface area contributed by atoms with Crippen molar-refractivity contribution in [2.24, 2.45) is 0 Å². The molecule has 10 heteroatoms. The zero-order chi connectivity index (χ0) is 34.2. The van der Waals surface area contributed by atoms with Gasteiger partial charge in [0.25, 0.3) is 11.7 Å². The van der Waals surface area contributed by atoms with Crippen LogP contribution in [-0.2, 0) is 27.5 Å². The van der Waals surface area contributed by atoms with Gasteiger partial charge in [-0.05, 0) is 71.6 Å². The van der Waals surface area contributed by atoms with Crippen LogP contribution in [0.15, 0.2) is 103 Å². The summed E-state index contributed by atoms with van der Waals surface area (Å²) in [5, 5.41) is 11.6. The van der Waals surface area contributed by atoms with Crippen molar-refractivity contribution in [2.45, 2.75) is 25.7 Å². The molecule has 6 rings (SSSR count). The van der Waals surface area contributed by atoms with E-state index in [-0.39, 0.29) is 23.8 Å². The number of hydrogen-bond acceptors (Lipinski definition) is 8. The summed E-state index contributed by atoms with van der Waals surface area (Å²) in [5.74, 6) is -0.559. The van der Waals surface area contributed by atoms with Gasteiger partial charge in [-0.2, -0.15) is 0 Å². The molecule has 2 aliphatic rings. The molecule has 0 bridgehead atoms. The maximum absolute atomic E-state index is 13.7. The number of likely N-dealkylation sites (tertiary alicyclic amines) is 1. The number of benzene rings is 4. The fourth-order valence-electron chi connectivity index (χ4n) is 6.07. The zero-order valence-electron chi connectivity index (χ0n) is 27.3. The van der Waals surface area contributed by atoms with E-state index in [1.165, 1.54) is 24.1 Å². The molecule has 0 radical (unpaired) electrons. The molecule has 9 nitrogen and oxygen atoms in total. The summed E-state index contributed by atoms with van der Waals surface area (Å²) in [4.78, 5) is 31.1. The van der Waals surface area contributed by atoms with Gasteiger partial charge < -0.3 is 29.0 Å². The standard InChI is InChI=1S/C39H39FN2O7/c1-46-34-24-30(12-17-33(34)49-26-27-6-3-2-4-7-27)36-35(38(44)39(45)42(36)19-5-18-41-20-22-47-23-21-41)37(43)29-10-15-32(16-11-29)48-25-28-8-13-31(40)14-9-28/h2-4,6-17,24,36,43H,5,18-23,25-26H2,1H3/t36-/m0/s1. The van der Waals surface area contributed by atoms with Crippen LogP contribution in [0.2, 0.25) is 0 Å². The van der Waals surface area contributed by atoms with Gasteiger partial charge in [0.15, 0.2) is 11.5 Å². The van der Waals surface area contributed by atoms with Crippen LogP contribution in [0.3, 0.4) is 0 Å². The van der Waals surface area contributed by atoms with Crippen LogP contribution in [0.25, 0.3) is 5.76 Å². The van der Waals surface area contributed by atoms with Crippen molar-refractivity contribution < 1.29 is 38.0 Å². The number of carbonyl (C=O) groups excluding carboxylic acids is 2. The average molecular weight is 667 g/mol. The number of aliphatic hydroxyl groups is 1. The molecular formula is C39H39FN2O7. The molecule has 0 aromatic heterocycles. The highest BCUT2D eigenvalue weighted by Gasteiger charge is 2.46. The van der Waals surface area contributed by atoms with Gasteiger partial charge in [0.1, 0.15) is 30.5 Å². The number of ether oxygens (including phenoxy) is 4. The van der Waals surface area contributed by atoms with E-state index in [1.807, 2.05) is 30.3 Å². The number of rotatable bonds is 13. The van der Waals surface area contributed by atoms with E-state index >= 15 is 0 Å². The van der Waals surface area contributed by atoms with Gasteiger partial charge in [-0.25, -0.2) is 4.39 Å². The van der Waals surface area contributed by atoms with Crippen molar-refractivity contribution in [3.63, 3.8) is 0 Å². The summed E-state index contributed by atoms with van der Waals surface area (Å²) in [7, 11) is 1.54. The molecule has 1 atom stereocenters. The maximum Gasteiger partial charge on any atom is 0.295 e. The van der Waals surface area contributed by atoms with E-state index < -0.39 is 17.7 Å². The SMILES string of the molecule is COc1cc([C@H]2C(=C(O)c3ccc(OCc4ccc(F)cc4)cc3)C(=O)C(=O)N2CCCN2CCOCC2)ccc1OCc1ccccc1. The largest absolute Gasteiger partial charge is 0.507 e. The van der Waals surface area contributed by atoms with Crippen molar-refractivity contribution in [3.8, 4) is 17.2 Å². The smallest absolute Gasteiger partial charge is 0.295 e. The first-order valence-corrected chi connectivity index (χ1v) is 16.3. The number of Topliss-reactive ketones (excluding diaryl/α,β-unsaturated/α-hetero) is 1. The highest BCUT2D eigenvalue weighted by atomic mass is 19.1. The van der Waals surface area contributed by atoms with E-state index in [9.17, 15) is 19.1 Å². The second kappa shape index (κ2) is 15.8. The monoisotopic (exact) mass is 666 g/mol. The molecule has 254 valence electrons. The highest BCUT2D eigenvalue weighted by molar-refractivity contribution is 6.46. The van der Waals surface area contributed by atoms with Gasteiger partial charge in [0.05, 0.1) is 31.9 Å². The van der Waals surface area contributed by atoms with Gasteiger partial charge >= 0.3 is 0 Å². The number of nitrogens with zero attached hydrogens (tertiary/aromatic N) is 2. The third-order valence-electron chi connectivity index (χ3n) is 8.70. The van der Waals surface area contributed by atoms with Crippen LogP contribution in [-0.4, -0.2) is 73.1 Å². The van der Waals surface area contributed by atoms with Gasteiger partial charge in [0.2, 0.25) is 0 Å².